The Morgan fingerprint density at radius 2 is 1.58 bits per heavy atom. The molecule has 0 radical (unpaired) electrons. The van der Waals surface area contributed by atoms with E-state index in [1.807, 2.05) is 5.32 Å². The second-order valence-electron chi connectivity index (χ2n) is 4.13. The molecule has 114 valence electrons. The summed E-state index contributed by atoms with van der Waals surface area (Å²) in [6.45, 7) is 2.15. The van der Waals surface area contributed by atoms with Gasteiger partial charge in [-0.1, -0.05) is 13.8 Å². The van der Waals surface area contributed by atoms with Gasteiger partial charge in [-0.2, -0.15) is 30.7 Å². The van der Waals surface area contributed by atoms with Crippen LogP contribution in [-0.4, -0.2) is 30.5 Å². The molecule has 0 aliphatic carbocycles. The van der Waals surface area contributed by atoms with Gasteiger partial charge in [-0.05, 0) is 6.42 Å². The minimum Gasteiger partial charge on any atom is -0.356 e. The number of carbonyl (C=O) groups is 1. The third-order valence-corrected chi connectivity index (χ3v) is 2.61. The third-order valence-electron chi connectivity index (χ3n) is 2.61. The van der Waals surface area contributed by atoms with Crippen LogP contribution in [0.4, 0.5) is 30.7 Å². The zero-order chi connectivity index (χ0) is 15.5. The monoisotopic (exact) mass is 297 g/mol. The SMILES string of the molecule is CCC(C)C(=O)NCCC(F)(F)C(F)(F)C(F)(F)F. The summed E-state index contributed by atoms with van der Waals surface area (Å²) in [6.07, 6.45) is -7.74. The maximum Gasteiger partial charge on any atom is 0.459 e. The molecule has 0 rings (SSSR count). The number of carbonyl (C=O) groups excluding carboxylic acids is 1. The summed E-state index contributed by atoms with van der Waals surface area (Å²) in [5.74, 6) is -12.6. The molecule has 0 heterocycles. The molecule has 0 aliphatic heterocycles. The molecule has 19 heavy (non-hydrogen) atoms. The molecule has 0 spiro atoms. The van der Waals surface area contributed by atoms with Crippen molar-refractivity contribution in [3.63, 3.8) is 0 Å². The number of hydrogen-bond donors (Lipinski definition) is 1. The lowest BCUT2D eigenvalue weighted by atomic mass is 10.1. The van der Waals surface area contributed by atoms with Crippen LogP contribution >= 0.6 is 0 Å². The fraction of sp³-hybridized carbons (Fsp3) is 0.900. The van der Waals surface area contributed by atoms with Crippen LogP contribution in [0.2, 0.25) is 0 Å². The third kappa shape index (κ3) is 4.24. The number of rotatable bonds is 6. The zero-order valence-electron chi connectivity index (χ0n) is 10.3. The molecule has 1 atom stereocenters. The minimum atomic E-state index is -6.34. The van der Waals surface area contributed by atoms with E-state index in [0.29, 0.717) is 6.42 Å². The Morgan fingerprint density at radius 3 is 1.95 bits per heavy atom. The maximum atomic E-state index is 12.8. The van der Waals surface area contributed by atoms with Gasteiger partial charge < -0.3 is 5.32 Å². The van der Waals surface area contributed by atoms with E-state index in [4.69, 9.17) is 0 Å². The van der Waals surface area contributed by atoms with Crippen molar-refractivity contribution >= 4 is 5.91 Å². The smallest absolute Gasteiger partial charge is 0.356 e. The van der Waals surface area contributed by atoms with Crippen LogP contribution in [-0.2, 0) is 4.79 Å². The molecule has 0 aromatic carbocycles. The summed E-state index contributed by atoms with van der Waals surface area (Å²) in [5, 5.41) is 1.89. The standard InChI is InChI=1S/C10H14F7NO/c1-3-6(2)7(19)18-5-4-8(11,12)9(13,14)10(15,16)17/h6H,3-5H2,1-2H3,(H,18,19). The average molecular weight is 297 g/mol. The van der Waals surface area contributed by atoms with Gasteiger partial charge in [-0.15, -0.1) is 0 Å². The first-order chi connectivity index (χ1) is 8.37. The predicted octanol–water partition coefficient (Wildman–Crippen LogP) is 3.37. The van der Waals surface area contributed by atoms with Crippen molar-refractivity contribution in [2.75, 3.05) is 6.54 Å². The lowest BCUT2D eigenvalue weighted by molar-refractivity contribution is -0.355. The number of alkyl halides is 7. The highest BCUT2D eigenvalue weighted by molar-refractivity contribution is 5.78. The van der Waals surface area contributed by atoms with Gasteiger partial charge in [0.05, 0.1) is 0 Å². The molecular formula is C10H14F7NO. The van der Waals surface area contributed by atoms with Gasteiger partial charge in [0, 0.05) is 18.9 Å². The van der Waals surface area contributed by atoms with Gasteiger partial charge >= 0.3 is 18.0 Å². The molecule has 0 aliphatic rings. The van der Waals surface area contributed by atoms with Crippen molar-refractivity contribution in [3.05, 3.63) is 0 Å². The first-order valence-electron chi connectivity index (χ1n) is 5.47. The molecule has 9 heteroatoms. The highest BCUT2D eigenvalue weighted by atomic mass is 19.4. The summed E-state index contributed by atoms with van der Waals surface area (Å²) < 4.78 is 85.9. The highest BCUT2D eigenvalue weighted by Crippen LogP contribution is 2.47. The van der Waals surface area contributed by atoms with Crippen LogP contribution in [0, 0.1) is 5.92 Å². The second kappa shape index (κ2) is 5.96. The van der Waals surface area contributed by atoms with E-state index in [-0.39, 0.29) is 0 Å². The van der Waals surface area contributed by atoms with Gasteiger partial charge in [0.2, 0.25) is 5.91 Å². The van der Waals surface area contributed by atoms with Gasteiger partial charge in [-0.25, -0.2) is 0 Å². The Morgan fingerprint density at radius 1 is 1.11 bits per heavy atom. The molecule has 0 bridgehead atoms. The van der Waals surface area contributed by atoms with Gasteiger partial charge in [-0.3, -0.25) is 4.79 Å². The fourth-order valence-corrected chi connectivity index (χ4v) is 1.07. The van der Waals surface area contributed by atoms with E-state index in [2.05, 4.69) is 0 Å². The van der Waals surface area contributed by atoms with Crippen LogP contribution < -0.4 is 5.32 Å². The summed E-state index contributed by atoms with van der Waals surface area (Å²) in [4.78, 5) is 11.1. The normalized spacial score (nSPS) is 15.2. The van der Waals surface area contributed by atoms with Gasteiger partial charge in [0.25, 0.3) is 0 Å². The molecule has 0 aromatic heterocycles. The van der Waals surface area contributed by atoms with Gasteiger partial charge in [0.1, 0.15) is 0 Å². The highest BCUT2D eigenvalue weighted by Gasteiger charge is 2.72. The fourth-order valence-electron chi connectivity index (χ4n) is 1.07. The number of amides is 1. The first-order valence-corrected chi connectivity index (χ1v) is 5.47. The summed E-state index contributed by atoms with van der Waals surface area (Å²) in [5.41, 5.74) is 0. The van der Waals surface area contributed by atoms with E-state index in [9.17, 15) is 35.5 Å². The Hall–Kier alpha value is -1.02. The van der Waals surface area contributed by atoms with Crippen LogP contribution in [0.5, 0.6) is 0 Å². The van der Waals surface area contributed by atoms with Crippen molar-refractivity contribution in [1.29, 1.82) is 0 Å². The van der Waals surface area contributed by atoms with Crippen molar-refractivity contribution in [1.82, 2.24) is 5.32 Å². The maximum absolute atomic E-state index is 12.8. The van der Waals surface area contributed by atoms with Crippen molar-refractivity contribution < 1.29 is 35.5 Å². The number of nitrogens with one attached hydrogen (secondary N) is 1. The quantitative estimate of drug-likeness (QED) is 0.748. The zero-order valence-corrected chi connectivity index (χ0v) is 10.3. The van der Waals surface area contributed by atoms with Crippen LogP contribution in [0.15, 0.2) is 0 Å². The van der Waals surface area contributed by atoms with Crippen LogP contribution in [0.1, 0.15) is 26.7 Å². The second-order valence-corrected chi connectivity index (χ2v) is 4.13. The Labute approximate surface area is 105 Å². The van der Waals surface area contributed by atoms with Crippen molar-refractivity contribution in [3.8, 4) is 0 Å². The predicted molar refractivity (Wildman–Crippen MR) is 53.0 cm³/mol. The number of halogens is 7. The molecule has 1 unspecified atom stereocenters. The van der Waals surface area contributed by atoms with E-state index < -0.39 is 42.8 Å². The molecule has 0 aromatic rings. The molecular weight excluding hydrogens is 283 g/mol. The van der Waals surface area contributed by atoms with E-state index in [1.54, 1.807) is 6.92 Å². The summed E-state index contributed by atoms with van der Waals surface area (Å²) in [7, 11) is 0. The molecule has 0 saturated heterocycles. The average Bonchev–Trinajstić information content (AvgIpc) is 2.25. The van der Waals surface area contributed by atoms with Crippen molar-refractivity contribution in [2.45, 2.75) is 44.7 Å². The van der Waals surface area contributed by atoms with Crippen LogP contribution in [0.25, 0.3) is 0 Å². The largest absolute Gasteiger partial charge is 0.459 e. The van der Waals surface area contributed by atoms with E-state index >= 15 is 0 Å². The Bertz CT molecular complexity index is 313. The summed E-state index contributed by atoms with van der Waals surface area (Å²) >= 11 is 0. The molecule has 1 amide bonds. The Kier molecular flexibility index (Phi) is 5.64. The lowest BCUT2D eigenvalue weighted by Gasteiger charge is -2.28. The van der Waals surface area contributed by atoms with Crippen molar-refractivity contribution in [2.24, 2.45) is 5.92 Å². The molecule has 2 nitrogen and oxygen atoms in total. The molecule has 1 N–H and O–H groups in total. The van der Waals surface area contributed by atoms with E-state index in [1.165, 1.54) is 6.92 Å². The van der Waals surface area contributed by atoms with Gasteiger partial charge in [0.15, 0.2) is 0 Å². The summed E-state index contributed by atoms with van der Waals surface area (Å²) in [6, 6.07) is 0. The lowest BCUT2D eigenvalue weighted by Crippen LogP contribution is -2.53. The topological polar surface area (TPSA) is 29.1 Å². The molecule has 0 fully saturated rings. The minimum absolute atomic E-state index is 0.390. The Balaban J connectivity index is 4.52. The van der Waals surface area contributed by atoms with Crippen LogP contribution in [0.3, 0.4) is 0 Å². The first kappa shape index (κ1) is 18.0. The number of hydrogen-bond acceptors (Lipinski definition) is 1. The molecule has 0 saturated carbocycles. The van der Waals surface area contributed by atoms with E-state index in [0.717, 1.165) is 0 Å².